The number of rotatable bonds is 5. The van der Waals surface area contributed by atoms with Crippen LogP contribution in [0.4, 0.5) is 0 Å². The van der Waals surface area contributed by atoms with Crippen LogP contribution in [0.2, 0.25) is 0 Å². The second kappa shape index (κ2) is 5.38. The van der Waals surface area contributed by atoms with E-state index in [1.807, 2.05) is 6.08 Å². The minimum absolute atomic E-state index is 0.432. The van der Waals surface area contributed by atoms with Crippen LogP contribution in [0.15, 0.2) is 30.8 Å². The molecule has 1 unspecified atom stereocenters. The molecule has 0 spiro atoms. The Balaban J connectivity index is 2.59. The summed E-state index contributed by atoms with van der Waals surface area (Å²) in [6.07, 6.45) is 4.43. The third-order valence-electron chi connectivity index (χ3n) is 2.30. The number of hydrogen-bond acceptors (Lipinski definition) is 1. The van der Waals surface area contributed by atoms with Crippen molar-refractivity contribution in [3.05, 3.63) is 42.0 Å². The van der Waals surface area contributed by atoms with Crippen LogP contribution in [0.5, 0.6) is 0 Å². The van der Waals surface area contributed by atoms with E-state index in [2.05, 4.69) is 37.8 Å². The summed E-state index contributed by atoms with van der Waals surface area (Å²) >= 11 is 0. The molecule has 14 heavy (non-hydrogen) atoms. The van der Waals surface area contributed by atoms with E-state index < -0.39 is 0 Å². The van der Waals surface area contributed by atoms with Gasteiger partial charge in [0.25, 0.3) is 0 Å². The van der Waals surface area contributed by atoms with Crippen LogP contribution in [0.25, 0.3) is 6.08 Å². The van der Waals surface area contributed by atoms with Crippen molar-refractivity contribution in [3.63, 3.8) is 0 Å². The first kappa shape index (κ1) is 10.7. The van der Waals surface area contributed by atoms with Gasteiger partial charge in [0.1, 0.15) is 6.29 Å². The molecule has 0 radical (unpaired) electrons. The first-order valence-corrected chi connectivity index (χ1v) is 4.91. The van der Waals surface area contributed by atoms with Gasteiger partial charge in [0.05, 0.1) is 0 Å². The highest BCUT2D eigenvalue weighted by Gasteiger charge is 2.02. The molecular formula is C13H16O. The Hall–Kier alpha value is -1.37. The fourth-order valence-electron chi connectivity index (χ4n) is 1.44. The zero-order valence-corrected chi connectivity index (χ0v) is 8.57. The van der Waals surface area contributed by atoms with Crippen LogP contribution in [0.3, 0.4) is 0 Å². The fourth-order valence-corrected chi connectivity index (χ4v) is 1.44. The van der Waals surface area contributed by atoms with Crippen LogP contribution in [0, 0.1) is 5.92 Å². The average molecular weight is 188 g/mol. The van der Waals surface area contributed by atoms with E-state index in [-0.39, 0.29) is 0 Å². The monoisotopic (exact) mass is 188 g/mol. The zero-order valence-electron chi connectivity index (χ0n) is 8.57. The Morgan fingerprint density at radius 2 is 2.00 bits per heavy atom. The van der Waals surface area contributed by atoms with Crippen LogP contribution < -0.4 is 0 Å². The van der Waals surface area contributed by atoms with Crippen LogP contribution in [-0.2, 0) is 11.2 Å². The Morgan fingerprint density at radius 1 is 1.36 bits per heavy atom. The van der Waals surface area contributed by atoms with Crippen molar-refractivity contribution in [1.82, 2.24) is 0 Å². The summed E-state index contributed by atoms with van der Waals surface area (Å²) in [4.78, 5) is 10.3. The molecule has 0 aliphatic rings. The molecule has 0 bridgehead atoms. The summed E-state index contributed by atoms with van der Waals surface area (Å²) in [5, 5.41) is 0. The zero-order chi connectivity index (χ0) is 10.4. The third kappa shape index (κ3) is 3.17. The minimum Gasteiger partial charge on any atom is -0.303 e. The number of aldehydes is 1. The Morgan fingerprint density at radius 3 is 2.50 bits per heavy atom. The molecule has 0 aliphatic carbocycles. The normalized spacial score (nSPS) is 12.1. The number of hydrogen-bond donors (Lipinski definition) is 0. The molecule has 74 valence electrons. The maximum absolute atomic E-state index is 10.3. The topological polar surface area (TPSA) is 17.1 Å². The predicted molar refractivity (Wildman–Crippen MR) is 60.1 cm³/mol. The molecule has 0 heterocycles. The highest BCUT2D eigenvalue weighted by molar-refractivity contribution is 5.50. The van der Waals surface area contributed by atoms with Crippen molar-refractivity contribution < 1.29 is 4.79 Å². The van der Waals surface area contributed by atoms with Gasteiger partial charge in [0, 0.05) is 6.42 Å². The van der Waals surface area contributed by atoms with E-state index in [0.29, 0.717) is 12.3 Å². The van der Waals surface area contributed by atoms with E-state index in [9.17, 15) is 4.79 Å². The summed E-state index contributed by atoms with van der Waals surface area (Å²) in [6.45, 7) is 5.80. The van der Waals surface area contributed by atoms with Gasteiger partial charge in [-0.2, -0.15) is 0 Å². The third-order valence-corrected chi connectivity index (χ3v) is 2.30. The molecule has 0 saturated carbocycles. The van der Waals surface area contributed by atoms with Gasteiger partial charge >= 0.3 is 0 Å². The Kier molecular flexibility index (Phi) is 4.11. The van der Waals surface area contributed by atoms with Crippen molar-refractivity contribution >= 4 is 12.4 Å². The summed E-state index contributed by atoms with van der Waals surface area (Å²) in [7, 11) is 0. The fraction of sp³-hybridized carbons (Fsp3) is 0.308. The van der Waals surface area contributed by atoms with Crippen molar-refractivity contribution in [2.24, 2.45) is 5.92 Å². The second-order valence-electron chi connectivity index (χ2n) is 3.66. The molecule has 1 aromatic rings. The molecule has 0 aliphatic heterocycles. The van der Waals surface area contributed by atoms with Crippen molar-refractivity contribution in [2.75, 3.05) is 0 Å². The van der Waals surface area contributed by atoms with Gasteiger partial charge in [-0.1, -0.05) is 43.8 Å². The second-order valence-corrected chi connectivity index (χ2v) is 3.66. The van der Waals surface area contributed by atoms with Crippen molar-refractivity contribution in [2.45, 2.75) is 19.8 Å². The van der Waals surface area contributed by atoms with Gasteiger partial charge in [-0.3, -0.25) is 0 Å². The maximum Gasteiger partial charge on any atom is 0.120 e. The molecule has 1 atom stereocenters. The molecule has 1 aromatic carbocycles. The number of benzene rings is 1. The lowest BCUT2D eigenvalue weighted by Gasteiger charge is -2.07. The lowest BCUT2D eigenvalue weighted by atomic mass is 9.98. The molecular weight excluding hydrogens is 172 g/mol. The molecule has 1 heteroatoms. The molecule has 0 saturated heterocycles. The van der Waals surface area contributed by atoms with E-state index in [4.69, 9.17) is 0 Å². The van der Waals surface area contributed by atoms with E-state index in [1.54, 1.807) is 0 Å². The molecule has 0 N–H and O–H groups in total. The quantitative estimate of drug-likeness (QED) is 0.649. The maximum atomic E-state index is 10.3. The van der Waals surface area contributed by atoms with E-state index >= 15 is 0 Å². The smallest absolute Gasteiger partial charge is 0.120 e. The lowest BCUT2D eigenvalue weighted by molar-refractivity contribution is -0.108. The minimum atomic E-state index is 0.432. The first-order valence-electron chi connectivity index (χ1n) is 4.91. The summed E-state index contributed by atoms with van der Waals surface area (Å²) < 4.78 is 0. The number of carbonyl (C=O) groups excluding carboxylic acids is 1. The van der Waals surface area contributed by atoms with Gasteiger partial charge in [-0.05, 0) is 23.5 Å². The first-order chi connectivity index (χ1) is 6.76. The van der Waals surface area contributed by atoms with Crippen LogP contribution >= 0.6 is 0 Å². The van der Waals surface area contributed by atoms with Gasteiger partial charge in [-0.25, -0.2) is 0 Å². The predicted octanol–water partition coefficient (Wildman–Crippen LogP) is 3.10. The molecule has 0 aromatic heterocycles. The van der Waals surface area contributed by atoms with E-state index in [1.165, 1.54) is 5.56 Å². The van der Waals surface area contributed by atoms with Gasteiger partial charge in [0.15, 0.2) is 0 Å². The van der Waals surface area contributed by atoms with Gasteiger partial charge in [-0.15, -0.1) is 0 Å². The highest BCUT2D eigenvalue weighted by Crippen LogP contribution is 2.12. The number of carbonyl (C=O) groups is 1. The van der Waals surface area contributed by atoms with Gasteiger partial charge < -0.3 is 4.79 Å². The Labute approximate surface area is 85.5 Å². The standard InChI is InChI=1S/C13H16O/c1-3-12-4-6-13(7-5-12)10-11(2)8-9-14/h3-7,9,11H,1,8,10H2,2H3. The summed E-state index contributed by atoms with van der Waals surface area (Å²) in [6, 6.07) is 8.29. The lowest BCUT2D eigenvalue weighted by Crippen LogP contribution is -2.00. The van der Waals surface area contributed by atoms with Crippen LogP contribution in [-0.4, -0.2) is 6.29 Å². The molecule has 0 amide bonds. The molecule has 1 nitrogen and oxygen atoms in total. The summed E-state index contributed by atoms with van der Waals surface area (Å²) in [5.41, 5.74) is 2.42. The van der Waals surface area contributed by atoms with Crippen molar-refractivity contribution in [1.29, 1.82) is 0 Å². The average Bonchev–Trinajstić information content (AvgIpc) is 2.19. The highest BCUT2D eigenvalue weighted by atomic mass is 16.1. The largest absolute Gasteiger partial charge is 0.303 e. The molecule has 1 rings (SSSR count). The SMILES string of the molecule is C=Cc1ccc(CC(C)CC=O)cc1. The summed E-state index contributed by atoms with van der Waals surface area (Å²) in [5.74, 6) is 0.432. The van der Waals surface area contributed by atoms with Crippen LogP contribution in [0.1, 0.15) is 24.5 Å². The van der Waals surface area contributed by atoms with Gasteiger partial charge in [0.2, 0.25) is 0 Å². The Bertz CT molecular complexity index is 298. The van der Waals surface area contributed by atoms with Crippen molar-refractivity contribution in [3.8, 4) is 0 Å². The molecule has 0 fully saturated rings. The van der Waals surface area contributed by atoms with E-state index in [0.717, 1.165) is 18.3 Å².